The number of carbonyl (C=O) groups is 1. The second kappa shape index (κ2) is 8.59. The standard InChI is InChI=1S/C19H20N4O3S2/c1-3-23(4-2)28(25,26)15-10-8-14(9-11-15)18(24)22-19-21-17(13-27-19)16-7-5-6-12-20-16/h5-13H,3-4H2,1-2H3,(H,21,22,24). The largest absolute Gasteiger partial charge is 0.298 e. The minimum Gasteiger partial charge on any atom is -0.298 e. The van der Waals surface area contributed by atoms with Gasteiger partial charge in [0.2, 0.25) is 10.0 Å². The summed E-state index contributed by atoms with van der Waals surface area (Å²) in [5, 5.41) is 5.00. The Morgan fingerprint density at radius 1 is 1.07 bits per heavy atom. The molecule has 2 aromatic heterocycles. The Bertz CT molecular complexity index is 1040. The molecular weight excluding hydrogens is 396 g/mol. The molecule has 146 valence electrons. The molecule has 3 rings (SSSR count). The number of pyridine rings is 1. The van der Waals surface area contributed by atoms with Crippen molar-refractivity contribution >= 4 is 32.4 Å². The summed E-state index contributed by atoms with van der Waals surface area (Å²) in [4.78, 5) is 21.2. The molecule has 1 N–H and O–H groups in total. The van der Waals surface area contributed by atoms with Crippen molar-refractivity contribution in [2.24, 2.45) is 0 Å². The fraction of sp³-hybridized carbons (Fsp3) is 0.211. The lowest BCUT2D eigenvalue weighted by Gasteiger charge is -2.18. The van der Waals surface area contributed by atoms with Crippen molar-refractivity contribution in [3.8, 4) is 11.4 Å². The number of hydrogen-bond donors (Lipinski definition) is 1. The van der Waals surface area contributed by atoms with Crippen LogP contribution < -0.4 is 5.32 Å². The molecule has 9 heteroatoms. The second-order valence-electron chi connectivity index (χ2n) is 5.82. The van der Waals surface area contributed by atoms with Crippen LogP contribution in [0.5, 0.6) is 0 Å². The highest BCUT2D eigenvalue weighted by Crippen LogP contribution is 2.24. The highest BCUT2D eigenvalue weighted by molar-refractivity contribution is 7.89. The van der Waals surface area contributed by atoms with Crippen LogP contribution in [-0.2, 0) is 10.0 Å². The zero-order valence-corrected chi connectivity index (χ0v) is 17.1. The van der Waals surface area contributed by atoms with Gasteiger partial charge in [-0.2, -0.15) is 4.31 Å². The summed E-state index contributed by atoms with van der Waals surface area (Å²) in [6, 6.07) is 11.4. The van der Waals surface area contributed by atoms with Gasteiger partial charge in [-0.15, -0.1) is 11.3 Å². The topological polar surface area (TPSA) is 92.3 Å². The molecule has 0 saturated heterocycles. The van der Waals surface area contributed by atoms with E-state index in [1.54, 1.807) is 20.0 Å². The van der Waals surface area contributed by atoms with Gasteiger partial charge in [-0.25, -0.2) is 13.4 Å². The molecule has 0 aliphatic rings. The maximum atomic E-state index is 12.5. The van der Waals surface area contributed by atoms with Gasteiger partial charge in [0.1, 0.15) is 5.69 Å². The van der Waals surface area contributed by atoms with Crippen LogP contribution in [0.2, 0.25) is 0 Å². The molecule has 0 saturated carbocycles. The van der Waals surface area contributed by atoms with Crippen molar-refractivity contribution in [1.82, 2.24) is 14.3 Å². The molecule has 2 heterocycles. The Morgan fingerprint density at radius 3 is 2.39 bits per heavy atom. The lowest BCUT2D eigenvalue weighted by molar-refractivity contribution is 0.102. The Labute approximate surface area is 168 Å². The third-order valence-corrected chi connectivity index (χ3v) is 6.93. The number of rotatable bonds is 7. The molecule has 0 fully saturated rings. The number of amides is 1. The van der Waals surface area contributed by atoms with Crippen LogP contribution in [0.1, 0.15) is 24.2 Å². The van der Waals surface area contributed by atoms with Crippen LogP contribution in [0.25, 0.3) is 11.4 Å². The van der Waals surface area contributed by atoms with E-state index in [-0.39, 0.29) is 10.8 Å². The minimum atomic E-state index is -3.55. The van der Waals surface area contributed by atoms with Crippen molar-refractivity contribution in [3.05, 3.63) is 59.6 Å². The Kier molecular flexibility index (Phi) is 6.18. The van der Waals surface area contributed by atoms with Crippen molar-refractivity contribution in [2.75, 3.05) is 18.4 Å². The molecular formula is C19H20N4O3S2. The zero-order chi connectivity index (χ0) is 20.1. The summed E-state index contributed by atoms with van der Waals surface area (Å²) in [5.74, 6) is -0.353. The molecule has 0 bridgehead atoms. The molecule has 0 unspecified atom stereocenters. The Hall–Kier alpha value is -2.62. The average molecular weight is 417 g/mol. The first-order valence-corrected chi connectivity index (χ1v) is 11.1. The number of carbonyl (C=O) groups excluding carboxylic acids is 1. The van der Waals surface area contributed by atoms with Crippen LogP contribution in [0.15, 0.2) is 58.9 Å². The van der Waals surface area contributed by atoms with E-state index < -0.39 is 10.0 Å². The first kappa shape index (κ1) is 20.1. The van der Waals surface area contributed by atoms with Gasteiger partial charge >= 0.3 is 0 Å². The summed E-state index contributed by atoms with van der Waals surface area (Å²) >= 11 is 1.30. The van der Waals surface area contributed by atoms with Crippen LogP contribution in [0, 0.1) is 0 Å². The van der Waals surface area contributed by atoms with Gasteiger partial charge in [0.15, 0.2) is 5.13 Å². The maximum Gasteiger partial charge on any atom is 0.257 e. The second-order valence-corrected chi connectivity index (χ2v) is 8.62. The van der Waals surface area contributed by atoms with E-state index in [2.05, 4.69) is 15.3 Å². The van der Waals surface area contributed by atoms with Crippen molar-refractivity contribution in [3.63, 3.8) is 0 Å². The van der Waals surface area contributed by atoms with E-state index in [4.69, 9.17) is 0 Å². The number of aromatic nitrogens is 2. The van der Waals surface area contributed by atoms with Gasteiger partial charge in [0, 0.05) is 30.2 Å². The number of nitrogens with one attached hydrogen (secondary N) is 1. The predicted molar refractivity (Wildman–Crippen MR) is 110 cm³/mol. The van der Waals surface area contributed by atoms with Crippen LogP contribution in [0.4, 0.5) is 5.13 Å². The number of hydrogen-bond acceptors (Lipinski definition) is 6. The van der Waals surface area contributed by atoms with Crippen LogP contribution in [0.3, 0.4) is 0 Å². The Balaban J connectivity index is 1.73. The maximum absolute atomic E-state index is 12.5. The molecule has 28 heavy (non-hydrogen) atoms. The fourth-order valence-corrected chi connectivity index (χ4v) is 4.78. The number of sulfonamides is 1. The van der Waals surface area contributed by atoms with Gasteiger partial charge in [0.25, 0.3) is 5.91 Å². The number of anilines is 1. The van der Waals surface area contributed by atoms with Crippen molar-refractivity contribution in [1.29, 1.82) is 0 Å². The first-order chi connectivity index (χ1) is 13.5. The Morgan fingerprint density at radius 2 is 1.79 bits per heavy atom. The monoisotopic (exact) mass is 416 g/mol. The van der Waals surface area contributed by atoms with Gasteiger partial charge in [-0.05, 0) is 36.4 Å². The third kappa shape index (κ3) is 4.27. The van der Waals surface area contributed by atoms with Gasteiger partial charge in [-0.3, -0.25) is 15.1 Å². The molecule has 0 aliphatic carbocycles. The van der Waals surface area contributed by atoms with Crippen LogP contribution in [-0.4, -0.2) is 41.7 Å². The first-order valence-electron chi connectivity index (χ1n) is 8.74. The lowest BCUT2D eigenvalue weighted by atomic mass is 10.2. The smallest absolute Gasteiger partial charge is 0.257 e. The minimum absolute atomic E-state index is 0.166. The number of nitrogens with zero attached hydrogens (tertiary/aromatic N) is 3. The highest BCUT2D eigenvalue weighted by atomic mass is 32.2. The van der Waals surface area contributed by atoms with Gasteiger partial charge in [-0.1, -0.05) is 19.9 Å². The van der Waals surface area contributed by atoms with Crippen molar-refractivity contribution in [2.45, 2.75) is 18.7 Å². The molecule has 0 atom stereocenters. The lowest BCUT2D eigenvalue weighted by Crippen LogP contribution is -2.30. The van der Waals surface area contributed by atoms with Gasteiger partial charge < -0.3 is 0 Å². The zero-order valence-electron chi connectivity index (χ0n) is 15.5. The molecule has 0 spiro atoms. The fourth-order valence-electron chi connectivity index (χ4n) is 2.62. The molecule has 0 radical (unpaired) electrons. The van der Waals surface area contributed by atoms with Gasteiger partial charge in [0.05, 0.1) is 10.6 Å². The molecule has 1 amide bonds. The summed E-state index contributed by atoms with van der Waals surface area (Å²) in [5.41, 5.74) is 1.76. The van der Waals surface area contributed by atoms with E-state index in [9.17, 15) is 13.2 Å². The SMILES string of the molecule is CCN(CC)S(=O)(=O)c1ccc(C(=O)Nc2nc(-c3ccccn3)cs2)cc1. The highest BCUT2D eigenvalue weighted by Gasteiger charge is 2.21. The van der Waals surface area contributed by atoms with E-state index in [0.717, 1.165) is 5.69 Å². The molecule has 3 aromatic rings. The summed E-state index contributed by atoms with van der Waals surface area (Å²) in [6.45, 7) is 4.36. The summed E-state index contributed by atoms with van der Waals surface area (Å²) in [7, 11) is -3.55. The van der Waals surface area contributed by atoms with E-state index in [0.29, 0.717) is 29.5 Å². The molecule has 0 aliphatic heterocycles. The normalized spacial score (nSPS) is 11.5. The van der Waals surface area contributed by atoms with E-state index >= 15 is 0 Å². The average Bonchev–Trinajstić information content (AvgIpc) is 3.18. The van der Waals surface area contributed by atoms with Crippen molar-refractivity contribution < 1.29 is 13.2 Å². The third-order valence-electron chi connectivity index (χ3n) is 4.11. The molecule has 7 nitrogen and oxygen atoms in total. The predicted octanol–water partition coefficient (Wildman–Crippen LogP) is 3.49. The molecule has 1 aromatic carbocycles. The quantitative estimate of drug-likeness (QED) is 0.636. The number of thiazole rings is 1. The van der Waals surface area contributed by atoms with E-state index in [1.165, 1.54) is 39.9 Å². The van der Waals surface area contributed by atoms with Crippen LogP contribution >= 0.6 is 11.3 Å². The number of benzene rings is 1. The van der Waals surface area contributed by atoms with E-state index in [1.807, 2.05) is 23.6 Å². The summed E-state index contributed by atoms with van der Waals surface area (Å²) < 4.78 is 26.4. The summed E-state index contributed by atoms with van der Waals surface area (Å²) in [6.07, 6.45) is 1.68.